The molecule has 130 valence electrons. The Kier molecular flexibility index (Phi) is 4.85. The van der Waals surface area contributed by atoms with E-state index in [2.05, 4.69) is 74.7 Å². The van der Waals surface area contributed by atoms with E-state index < -0.39 is 0 Å². The highest BCUT2D eigenvalue weighted by Gasteiger charge is 2.23. The monoisotopic (exact) mass is 352 g/mol. The van der Waals surface area contributed by atoms with Crippen molar-refractivity contribution >= 4 is 17.0 Å². The van der Waals surface area contributed by atoms with Crippen molar-refractivity contribution in [2.75, 3.05) is 25.0 Å². The van der Waals surface area contributed by atoms with Crippen LogP contribution in [0.3, 0.4) is 0 Å². The Balaban J connectivity index is 1.33. The molecule has 0 spiro atoms. The second-order valence-electron chi connectivity index (χ2n) is 6.70. The third kappa shape index (κ3) is 3.78. The van der Waals surface area contributed by atoms with Gasteiger partial charge < -0.3 is 9.88 Å². The number of hydrogen-bond donors (Lipinski definition) is 1. The minimum atomic E-state index is 0.633. The smallest absolute Gasteiger partial charge is 0.147 e. The van der Waals surface area contributed by atoms with E-state index in [1.165, 1.54) is 29.1 Å². The van der Waals surface area contributed by atoms with Gasteiger partial charge in [-0.3, -0.25) is 4.90 Å². The van der Waals surface area contributed by atoms with Crippen LogP contribution in [0, 0.1) is 0 Å². The molecule has 0 saturated carbocycles. The van der Waals surface area contributed by atoms with E-state index in [9.17, 15) is 0 Å². The zero-order valence-electron chi connectivity index (χ0n) is 14.6. The van der Waals surface area contributed by atoms with Crippen molar-refractivity contribution < 1.29 is 0 Å². The molecule has 1 aliphatic heterocycles. The first-order chi connectivity index (χ1) is 12.3. The van der Waals surface area contributed by atoms with Crippen LogP contribution in [0.5, 0.6) is 0 Å². The van der Waals surface area contributed by atoms with Gasteiger partial charge >= 0.3 is 0 Å². The summed E-state index contributed by atoms with van der Waals surface area (Å²) in [5.41, 5.74) is 2.54. The van der Waals surface area contributed by atoms with Gasteiger partial charge in [-0.1, -0.05) is 24.3 Å². The van der Waals surface area contributed by atoms with Gasteiger partial charge in [-0.05, 0) is 43.5 Å². The van der Waals surface area contributed by atoms with Gasteiger partial charge in [0.2, 0.25) is 0 Å². The van der Waals surface area contributed by atoms with Crippen molar-refractivity contribution in [1.82, 2.24) is 14.9 Å². The molecule has 1 saturated heterocycles. The molecular weight excluding hydrogens is 328 g/mol. The first-order valence-electron chi connectivity index (χ1n) is 8.87. The number of piperidine rings is 1. The van der Waals surface area contributed by atoms with Crippen LogP contribution in [-0.2, 0) is 6.54 Å². The highest BCUT2D eigenvalue weighted by molar-refractivity contribution is 7.13. The maximum atomic E-state index is 4.53. The van der Waals surface area contributed by atoms with Crippen LogP contribution in [-0.4, -0.2) is 41.0 Å². The number of aromatic amines is 1. The summed E-state index contributed by atoms with van der Waals surface area (Å²) in [7, 11) is 2.23. The first-order valence-corrected chi connectivity index (χ1v) is 9.75. The van der Waals surface area contributed by atoms with Crippen LogP contribution >= 0.6 is 11.3 Å². The molecule has 3 aromatic rings. The van der Waals surface area contributed by atoms with Crippen molar-refractivity contribution in [3.05, 3.63) is 59.7 Å². The Labute approximate surface area is 153 Å². The van der Waals surface area contributed by atoms with Crippen LogP contribution < -0.4 is 4.90 Å². The van der Waals surface area contributed by atoms with Crippen LogP contribution in [0.1, 0.15) is 18.5 Å². The predicted octanol–water partition coefficient (Wildman–Crippen LogP) is 4.24. The highest BCUT2D eigenvalue weighted by Crippen LogP contribution is 2.24. The molecule has 0 amide bonds. The summed E-state index contributed by atoms with van der Waals surface area (Å²) in [4.78, 5) is 14.2. The molecule has 0 bridgehead atoms. The second-order valence-corrected chi connectivity index (χ2v) is 7.65. The molecule has 2 aromatic heterocycles. The Morgan fingerprint density at radius 2 is 1.96 bits per heavy atom. The molecule has 3 heterocycles. The zero-order chi connectivity index (χ0) is 17.1. The number of hydrogen-bond acceptors (Lipinski definition) is 4. The van der Waals surface area contributed by atoms with Crippen LogP contribution in [0.4, 0.5) is 5.69 Å². The Morgan fingerprint density at radius 1 is 1.16 bits per heavy atom. The number of rotatable bonds is 5. The summed E-state index contributed by atoms with van der Waals surface area (Å²) >= 11 is 1.72. The van der Waals surface area contributed by atoms with Gasteiger partial charge in [-0.25, -0.2) is 4.98 Å². The van der Waals surface area contributed by atoms with Crippen LogP contribution in [0.15, 0.2) is 54.0 Å². The fourth-order valence-electron chi connectivity index (χ4n) is 3.58. The standard InChI is InChI=1S/C20H24N4S/c1-23(15-16-14-21-20(22-16)19-8-5-13-25-19)17-9-11-24(12-10-17)18-6-3-2-4-7-18/h2-8,13-14,17H,9-12,15H2,1H3,(H,21,22). The number of anilines is 1. The lowest BCUT2D eigenvalue weighted by Gasteiger charge is -2.37. The Bertz CT molecular complexity index is 773. The quantitative estimate of drug-likeness (QED) is 0.746. The molecule has 5 heteroatoms. The number of aromatic nitrogens is 2. The Morgan fingerprint density at radius 3 is 2.68 bits per heavy atom. The number of benzene rings is 1. The second kappa shape index (κ2) is 7.42. The van der Waals surface area contributed by atoms with E-state index in [4.69, 9.17) is 0 Å². The number of nitrogens with one attached hydrogen (secondary N) is 1. The lowest BCUT2D eigenvalue weighted by Crippen LogP contribution is -2.43. The molecule has 1 aromatic carbocycles. The van der Waals surface area contributed by atoms with Gasteiger partial charge in [-0.15, -0.1) is 11.3 Å². The van der Waals surface area contributed by atoms with Gasteiger partial charge in [0.15, 0.2) is 0 Å². The molecule has 1 aliphatic rings. The number of H-pyrrole nitrogens is 1. The molecule has 1 fully saturated rings. The molecule has 4 nitrogen and oxygen atoms in total. The normalized spacial score (nSPS) is 15.8. The average molecular weight is 353 g/mol. The SMILES string of the molecule is CN(Cc1cnc(-c2cccs2)[nH]1)C1CCN(c2ccccc2)CC1. The minimum absolute atomic E-state index is 0.633. The van der Waals surface area contributed by atoms with E-state index in [1.807, 2.05) is 6.20 Å². The van der Waals surface area contributed by atoms with Crippen LogP contribution in [0.2, 0.25) is 0 Å². The number of para-hydroxylation sites is 1. The van der Waals surface area contributed by atoms with Gasteiger partial charge in [0.1, 0.15) is 5.82 Å². The van der Waals surface area contributed by atoms with Gasteiger partial charge in [0.05, 0.1) is 4.88 Å². The van der Waals surface area contributed by atoms with E-state index in [0.717, 1.165) is 25.5 Å². The van der Waals surface area contributed by atoms with Crippen LogP contribution in [0.25, 0.3) is 10.7 Å². The van der Waals surface area contributed by atoms with E-state index in [1.54, 1.807) is 11.3 Å². The number of nitrogens with zero attached hydrogens (tertiary/aromatic N) is 3. The van der Waals surface area contributed by atoms with Crippen molar-refractivity contribution in [2.24, 2.45) is 0 Å². The molecule has 0 aliphatic carbocycles. The molecular formula is C20H24N4S. The third-order valence-corrected chi connectivity index (χ3v) is 5.89. The summed E-state index contributed by atoms with van der Waals surface area (Å²) < 4.78 is 0. The third-order valence-electron chi connectivity index (χ3n) is 5.01. The van der Waals surface area contributed by atoms with E-state index in [-0.39, 0.29) is 0 Å². The fourth-order valence-corrected chi connectivity index (χ4v) is 4.26. The molecule has 1 N–H and O–H groups in total. The summed E-state index contributed by atoms with van der Waals surface area (Å²) in [5, 5.41) is 2.09. The number of imidazole rings is 1. The molecule has 4 rings (SSSR count). The fraction of sp³-hybridized carbons (Fsp3) is 0.350. The largest absolute Gasteiger partial charge is 0.371 e. The molecule has 0 radical (unpaired) electrons. The highest BCUT2D eigenvalue weighted by atomic mass is 32.1. The molecule has 0 unspecified atom stereocenters. The summed E-state index contributed by atoms with van der Waals surface area (Å²) in [6.07, 6.45) is 4.39. The van der Waals surface area contributed by atoms with Crippen molar-refractivity contribution in [2.45, 2.75) is 25.4 Å². The first kappa shape index (κ1) is 16.4. The van der Waals surface area contributed by atoms with Gasteiger partial charge in [0, 0.05) is 43.3 Å². The summed E-state index contributed by atoms with van der Waals surface area (Å²) in [6, 6.07) is 15.5. The average Bonchev–Trinajstić information content (AvgIpc) is 3.34. The summed E-state index contributed by atoms with van der Waals surface area (Å²) in [5.74, 6) is 0.984. The van der Waals surface area contributed by atoms with Gasteiger partial charge in [-0.2, -0.15) is 0 Å². The minimum Gasteiger partial charge on any atom is -0.371 e. The van der Waals surface area contributed by atoms with E-state index in [0.29, 0.717) is 6.04 Å². The van der Waals surface area contributed by atoms with Gasteiger partial charge in [0.25, 0.3) is 0 Å². The van der Waals surface area contributed by atoms with E-state index >= 15 is 0 Å². The number of thiophene rings is 1. The topological polar surface area (TPSA) is 35.2 Å². The lowest BCUT2D eigenvalue weighted by molar-refractivity contribution is 0.198. The van der Waals surface area contributed by atoms with Crippen molar-refractivity contribution in [3.8, 4) is 10.7 Å². The maximum Gasteiger partial charge on any atom is 0.147 e. The lowest BCUT2D eigenvalue weighted by atomic mass is 10.0. The van der Waals surface area contributed by atoms with Crippen molar-refractivity contribution in [3.63, 3.8) is 0 Å². The zero-order valence-corrected chi connectivity index (χ0v) is 15.4. The summed E-state index contributed by atoms with van der Waals surface area (Å²) in [6.45, 7) is 3.18. The maximum absolute atomic E-state index is 4.53. The molecule has 0 atom stereocenters. The Hall–Kier alpha value is -2.11. The van der Waals surface area contributed by atoms with Crippen molar-refractivity contribution in [1.29, 1.82) is 0 Å². The predicted molar refractivity (Wildman–Crippen MR) is 105 cm³/mol. The molecule has 25 heavy (non-hydrogen) atoms.